The number of primary sulfonamides is 1. The van der Waals surface area contributed by atoms with Gasteiger partial charge in [0.15, 0.2) is 11.8 Å². The van der Waals surface area contributed by atoms with E-state index in [9.17, 15) is 18.0 Å². The number of anilines is 1. The van der Waals surface area contributed by atoms with Crippen molar-refractivity contribution in [1.29, 1.82) is 0 Å². The minimum atomic E-state index is -3.81. The molecule has 1 aromatic heterocycles. The summed E-state index contributed by atoms with van der Waals surface area (Å²) in [7, 11) is -3.81. The summed E-state index contributed by atoms with van der Waals surface area (Å²) in [5.74, 6) is -1.36. The molecule has 0 saturated heterocycles. The first-order valence-electron chi connectivity index (χ1n) is 7.10. The number of nitrogens with one attached hydrogen (secondary N) is 1. The van der Waals surface area contributed by atoms with Crippen molar-refractivity contribution in [2.24, 2.45) is 5.14 Å². The fourth-order valence-corrected chi connectivity index (χ4v) is 2.26. The molecule has 10 heteroatoms. The Morgan fingerprint density at radius 1 is 1.16 bits per heavy atom. The lowest BCUT2D eigenvalue weighted by atomic mass is 10.3. The fraction of sp³-hybridized carbons (Fsp3) is 0.200. The maximum Gasteiger partial charge on any atom is 0.359 e. The number of carbonyl (C=O) groups excluding carboxylic acids is 2. The van der Waals surface area contributed by atoms with Gasteiger partial charge in [0.05, 0.1) is 16.8 Å². The van der Waals surface area contributed by atoms with E-state index in [4.69, 9.17) is 9.88 Å². The van der Waals surface area contributed by atoms with Gasteiger partial charge in [-0.05, 0) is 38.1 Å². The Labute approximate surface area is 144 Å². The molecule has 0 unspecified atom stereocenters. The maximum atomic E-state index is 12.0. The first kappa shape index (κ1) is 18.5. The zero-order valence-corrected chi connectivity index (χ0v) is 14.3. The molecule has 0 bridgehead atoms. The van der Waals surface area contributed by atoms with Gasteiger partial charge in [-0.15, -0.1) is 0 Å². The average Bonchev–Trinajstić information content (AvgIpc) is 2.55. The molecule has 0 spiro atoms. The van der Waals surface area contributed by atoms with Gasteiger partial charge in [0.2, 0.25) is 10.0 Å². The molecule has 0 aliphatic rings. The molecule has 9 nitrogen and oxygen atoms in total. The van der Waals surface area contributed by atoms with E-state index in [-0.39, 0.29) is 10.6 Å². The van der Waals surface area contributed by atoms with E-state index in [1.807, 2.05) is 0 Å². The SMILES string of the molecule is Cc1cnc(C(=O)O[C@@H](C)C(=O)Nc2ccc(S(N)(=O)=O)cc2)cn1. The third kappa shape index (κ3) is 5.06. The number of hydrogen-bond donors (Lipinski definition) is 2. The van der Waals surface area contributed by atoms with Crippen LogP contribution in [0.5, 0.6) is 0 Å². The van der Waals surface area contributed by atoms with Gasteiger partial charge in [0, 0.05) is 11.9 Å². The number of ether oxygens (including phenoxy) is 1. The van der Waals surface area contributed by atoms with Gasteiger partial charge in [0.25, 0.3) is 5.91 Å². The van der Waals surface area contributed by atoms with Crippen LogP contribution in [0.15, 0.2) is 41.6 Å². The van der Waals surface area contributed by atoms with E-state index in [2.05, 4.69) is 15.3 Å². The van der Waals surface area contributed by atoms with E-state index < -0.39 is 28.0 Å². The molecule has 0 aliphatic heterocycles. The van der Waals surface area contributed by atoms with Crippen LogP contribution in [0.2, 0.25) is 0 Å². The summed E-state index contributed by atoms with van der Waals surface area (Å²) in [4.78, 5) is 31.7. The molecule has 132 valence electrons. The van der Waals surface area contributed by atoms with Crippen molar-refractivity contribution in [2.45, 2.75) is 24.8 Å². The Balaban J connectivity index is 1.98. The van der Waals surface area contributed by atoms with E-state index in [0.717, 1.165) is 0 Å². The molecule has 1 atom stereocenters. The highest BCUT2D eigenvalue weighted by Crippen LogP contribution is 2.13. The highest BCUT2D eigenvalue weighted by atomic mass is 32.2. The Morgan fingerprint density at radius 3 is 2.32 bits per heavy atom. The van der Waals surface area contributed by atoms with Gasteiger partial charge in [-0.1, -0.05) is 0 Å². The maximum absolute atomic E-state index is 12.0. The van der Waals surface area contributed by atoms with Crippen molar-refractivity contribution in [1.82, 2.24) is 9.97 Å². The zero-order valence-electron chi connectivity index (χ0n) is 13.5. The number of nitrogens with zero attached hydrogens (tertiary/aromatic N) is 2. The number of nitrogens with two attached hydrogens (primary N) is 1. The van der Waals surface area contributed by atoms with Crippen LogP contribution in [0.4, 0.5) is 5.69 Å². The molecule has 0 saturated carbocycles. The molecular formula is C15H16N4O5S. The van der Waals surface area contributed by atoms with Crippen molar-refractivity contribution >= 4 is 27.6 Å². The Kier molecular flexibility index (Phi) is 5.45. The van der Waals surface area contributed by atoms with Gasteiger partial charge < -0.3 is 10.1 Å². The summed E-state index contributed by atoms with van der Waals surface area (Å²) >= 11 is 0. The predicted octanol–water partition coefficient (Wildman–Crippen LogP) is 0.616. The van der Waals surface area contributed by atoms with Crippen LogP contribution in [0.3, 0.4) is 0 Å². The molecule has 2 aromatic rings. The summed E-state index contributed by atoms with van der Waals surface area (Å²) in [5, 5.41) is 7.49. The molecule has 0 fully saturated rings. The smallest absolute Gasteiger partial charge is 0.359 e. The number of esters is 1. The number of amides is 1. The number of carbonyl (C=O) groups is 2. The van der Waals surface area contributed by atoms with Crippen molar-refractivity contribution in [2.75, 3.05) is 5.32 Å². The largest absolute Gasteiger partial charge is 0.448 e. The topological polar surface area (TPSA) is 141 Å². The molecule has 0 aliphatic carbocycles. The molecule has 0 radical (unpaired) electrons. The minimum Gasteiger partial charge on any atom is -0.448 e. The first-order valence-corrected chi connectivity index (χ1v) is 8.65. The highest BCUT2D eigenvalue weighted by molar-refractivity contribution is 7.89. The van der Waals surface area contributed by atoms with Crippen LogP contribution in [0, 0.1) is 6.92 Å². The van der Waals surface area contributed by atoms with Gasteiger partial charge in [-0.2, -0.15) is 0 Å². The molecule has 1 heterocycles. The van der Waals surface area contributed by atoms with Crippen molar-refractivity contribution in [3.63, 3.8) is 0 Å². The van der Waals surface area contributed by atoms with E-state index in [0.29, 0.717) is 11.4 Å². The van der Waals surface area contributed by atoms with Crippen molar-refractivity contribution in [3.8, 4) is 0 Å². The number of benzene rings is 1. The number of sulfonamides is 1. The fourth-order valence-electron chi connectivity index (χ4n) is 1.74. The summed E-state index contributed by atoms with van der Waals surface area (Å²) in [5.41, 5.74) is 0.962. The zero-order chi connectivity index (χ0) is 18.6. The lowest BCUT2D eigenvalue weighted by Gasteiger charge is -2.13. The number of aromatic nitrogens is 2. The number of hydrogen-bond acceptors (Lipinski definition) is 7. The third-order valence-electron chi connectivity index (χ3n) is 3.09. The van der Waals surface area contributed by atoms with Gasteiger partial charge in [0.1, 0.15) is 0 Å². The van der Waals surface area contributed by atoms with Crippen LogP contribution >= 0.6 is 0 Å². The summed E-state index contributed by atoms with van der Waals surface area (Å²) < 4.78 is 27.4. The normalized spacial score (nSPS) is 12.3. The first-order chi connectivity index (χ1) is 11.7. The Morgan fingerprint density at radius 2 is 1.80 bits per heavy atom. The van der Waals surface area contributed by atoms with Gasteiger partial charge in [-0.3, -0.25) is 9.78 Å². The summed E-state index contributed by atoms with van der Waals surface area (Å²) in [6.45, 7) is 3.12. The van der Waals surface area contributed by atoms with Crippen molar-refractivity contribution in [3.05, 3.63) is 48.0 Å². The van der Waals surface area contributed by atoms with Gasteiger partial charge in [-0.25, -0.2) is 23.3 Å². The van der Waals surface area contributed by atoms with Crippen LogP contribution in [0.25, 0.3) is 0 Å². The average molecular weight is 364 g/mol. The molecule has 1 aromatic carbocycles. The Hall–Kier alpha value is -2.85. The van der Waals surface area contributed by atoms with E-state index in [1.165, 1.54) is 43.6 Å². The molecule has 1 amide bonds. The Bertz CT molecular complexity index is 879. The monoisotopic (exact) mass is 364 g/mol. The standard InChI is InChI=1S/C15H16N4O5S/c1-9-7-18-13(8-17-9)15(21)24-10(2)14(20)19-11-3-5-12(6-4-11)25(16,22)23/h3-8,10H,1-2H3,(H,19,20)(H2,16,22,23)/t10-/m0/s1. The molecule has 25 heavy (non-hydrogen) atoms. The number of aryl methyl sites for hydroxylation is 1. The second-order valence-corrected chi connectivity index (χ2v) is 6.71. The minimum absolute atomic E-state index is 0.0113. The van der Waals surface area contributed by atoms with Crippen LogP contribution in [-0.4, -0.2) is 36.4 Å². The second kappa shape index (κ2) is 7.36. The molecule has 3 N–H and O–H groups in total. The van der Waals surface area contributed by atoms with Crippen molar-refractivity contribution < 1.29 is 22.7 Å². The lowest BCUT2D eigenvalue weighted by Crippen LogP contribution is -2.30. The highest BCUT2D eigenvalue weighted by Gasteiger charge is 2.20. The van der Waals surface area contributed by atoms with Gasteiger partial charge >= 0.3 is 5.97 Å². The second-order valence-electron chi connectivity index (χ2n) is 5.15. The predicted molar refractivity (Wildman–Crippen MR) is 88.1 cm³/mol. The lowest BCUT2D eigenvalue weighted by molar-refractivity contribution is -0.123. The van der Waals surface area contributed by atoms with E-state index >= 15 is 0 Å². The quantitative estimate of drug-likeness (QED) is 0.741. The molecular weight excluding hydrogens is 348 g/mol. The van der Waals surface area contributed by atoms with Crippen LogP contribution < -0.4 is 10.5 Å². The summed E-state index contributed by atoms with van der Waals surface area (Å²) in [6.07, 6.45) is 1.58. The van der Waals surface area contributed by atoms with Crippen LogP contribution in [-0.2, 0) is 19.6 Å². The third-order valence-corrected chi connectivity index (χ3v) is 4.02. The molecule has 2 rings (SSSR count). The summed E-state index contributed by atoms with van der Waals surface area (Å²) in [6, 6.07) is 5.25. The number of rotatable bonds is 5. The van der Waals surface area contributed by atoms with E-state index in [1.54, 1.807) is 6.92 Å². The van der Waals surface area contributed by atoms with Crippen LogP contribution in [0.1, 0.15) is 23.1 Å².